The summed E-state index contributed by atoms with van der Waals surface area (Å²) in [5, 5.41) is 0.282. The molecule has 0 aliphatic heterocycles. The Morgan fingerprint density at radius 3 is 1.56 bits per heavy atom. The van der Waals surface area contributed by atoms with Gasteiger partial charge in [0.05, 0.1) is 20.1 Å². The summed E-state index contributed by atoms with van der Waals surface area (Å²) in [6.45, 7) is 0. The van der Waals surface area contributed by atoms with Gasteiger partial charge in [0.25, 0.3) is 0 Å². The van der Waals surface area contributed by atoms with Crippen LogP contribution in [0.4, 0.5) is 0 Å². The monoisotopic (exact) mass is 378 g/mol. The van der Waals surface area contributed by atoms with E-state index in [0.29, 0.717) is 5.56 Å². The van der Waals surface area contributed by atoms with Gasteiger partial charge in [-0.15, -0.1) is 11.6 Å². The van der Waals surface area contributed by atoms with E-state index < -0.39 is 3.79 Å². The zero-order valence-corrected chi connectivity index (χ0v) is 13.3. The van der Waals surface area contributed by atoms with E-state index in [4.69, 9.17) is 92.8 Å². The second-order valence-electron chi connectivity index (χ2n) is 2.74. The first-order valence-corrected chi connectivity index (χ1v) is 6.87. The summed E-state index contributed by atoms with van der Waals surface area (Å²) in [6, 6.07) is 0. The Bertz CT molecular complexity index is 419. The molecule has 0 saturated carbocycles. The van der Waals surface area contributed by atoms with Crippen LogP contribution in [-0.4, -0.2) is 0 Å². The van der Waals surface area contributed by atoms with E-state index in [1.165, 1.54) is 0 Å². The molecule has 0 N–H and O–H groups in total. The lowest BCUT2D eigenvalue weighted by atomic mass is 10.1. The fraction of sp³-hybridized carbons (Fsp3) is 0.250. The molecule has 0 saturated heterocycles. The molecule has 0 radical (unpaired) electrons. The molecule has 90 valence electrons. The Morgan fingerprint density at radius 1 is 0.750 bits per heavy atom. The van der Waals surface area contributed by atoms with Crippen molar-refractivity contribution >= 4 is 92.8 Å². The maximum Gasteiger partial charge on any atom is 0.217 e. The molecule has 0 unspecified atom stereocenters. The second-order valence-corrected chi connectivity index (χ2v) is 6.80. The molecule has 0 fully saturated rings. The Balaban J connectivity index is 3.72. The Labute approximate surface area is 133 Å². The third-order valence-electron chi connectivity index (χ3n) is 1.78. The van der Waals surface area contributed by atoms with Crippen molar-refractivity contribution in [2.75, 3.05) is 0 Å². The first kappa shape index (κ1) is 15.6. The highest BCUT2D eigenvalue weighted by atomic mass is 35.6. The number of benzene rings is 1. The van der Waals surface area contributed by atoms with Gasteiger partial charge in [0.2, 0.25) is 3.79 Å². The number of halogens is 8. The topological polar surface area (TPSA) is 0 Å². The van der Waals surface area contributed by atoms with Crippen molar-refractivity contribution in [3.05, 3.63) is 31.2 Å². The second kappa shape index (κ2) is 5.67. The van der Waals surface area contributed by atoms with Crippen LogP contribution >= 0.6 is 92.8 Å². The maximum absolute atomic E-state index is 5.95. The van der Waals surface area contributed by atoms with Crippen LogP contribution in [0.2, 0.25) is 20.1 Å². The van der Waals surface area contributed by atoms with Crippen molar-refractivity contribution < 1.29 is 0 Å². The molecule has 1 rings (SSSR count). The predicted octanol–water partition coefficient (Wildman–Crippen LogP) is 6.87. The van der Waals surface area contributed by atoms with Crippen molar-refractivity contribution in [3.8, 4) is 0 Å². The zero-order chi connectivity index (χ0) is 12.7. The lowest BCUT2D eigenvalue weighted by Crippen LogP contribution is -2.07. The van der Waals surface area contributed by atoms with Gasteiger partial charge in [-0.3, -0.25) is 0 Å². The van der Waals surface area contributed by atoms with Gasteiger partial charge in [0.1, 0.15) is 0 Å². The average molecular weight is 382 g/mol. The highest BCUT2D eigenvalue weighted by Crippen LogP contribution is 2.51. The van der Waals surface area contributed by atoms with E-state index in [1.54, 1.807) is 0 Å². The van der Waals surface area contributed by atoms with Gasteiger partial charge in [0, 0.05) is 11.4 Å². The first-order valence-electron chi connectivity index (χ1n) is 3.69. The summed E-state index contributed by atoms with van der Waals surface area (Å²) in [5.74, 6) is -0.00130. The third kappa shape index (κ3) is 2.92. The normalized spacial score (nSPS) is 12.0. The maximum atomic E-state index is 5.95. The van der Waals surface area contributed by atoms with Crippen LogP contribution in [0.15, 0.2) is 0 Å². The molecule has 0 aliphatic rings. The van der Waals surface area contributed by atoms with Gasteiger partial charge < -0.3 is 0 Å². The van der Waals surface area contributed by atoms with Crippen LogP contribution in [-0.2, 0) is 9.67 Å². The molecule has 0 heterocycles. The van der Waals surface area contributed by atoms with Crippen LogP contribution in [0.3, 0.4) is 0 Å². The van der Waals surface area contributed by atoms with Gasteiger partial charge in [-0.2, -0.15) is 0 Å². The van der Waals surface area contributed by atoms with Gasteiger partial charge in [-0.05, 0) is 5.56 Å². The summed E-state index contributed by atoms with van der Waals surface area (Å²) in [7, 11) is 0. The van der Waals surface area contributed by atoms with Crippen molar-refractivity contribution in [1.29, 1.82) is 0 Å². The minimum atomic E-state index is -1.78. The molecule has 1 aromatic rings. The van der Waals surface area contributed by atoms with Gasteiger partial charge in [0.15, 0.2) is 0 Å². The summed E-state index contributed by atoms with van der Waals surface area (Å²) in [4.78, 5) is 0. The van der Waals surface area contributed by atoms with Crippen molar-refractivity contribution in [2.45, 2.75) is 9.67 Å². The van der Waals surface area contributed by atoms with E-state index in [9.17, 15) is 0 Å². The molecule has 16 heavy (non-hydrogen) atoms. The van der Waals surface area contributed by atoms with Crippen molar-refractivity contribution in [3.63, 3.8) is 0 Å². The summed E-state index contributed by atoms with van der Waals surface area (Å²) in [6.07, 6.45) is 0. The SMILES string of the molecule is ClCc1c(Cl)c(Cl)c(Cl)c(Cl)c1C(Cl)(Cl)Cl. The third-order valence-corrected chi connectivity index (χ3v) is 4.46. The number of rotatable bonds is 1. The van der Waals surface area contributed by atoms with Gasteiger partial charge in [-0.1, -0.05) is 81.2 Å². The quantitative estimate of drug-likeness (QED) is 0.283. The standard InChI is InChI=1S/C8H2Cl8/c9-1-2-3(8(14,15)16)5(11)7(13)6(12)4(2)10/h1H2. The molecule has 8 heteroatoms. The van der Waals surface area contributed by atoms with Gasteiger partial charge >= 0.3 is 0 Å². The van der Waals surface area contributed by atoms with Gasteiger partial charge in [-0.25, -0.2) is 0 Å². The van der Waals surface area contributed by atoms with Crippen LogP contribution in [0.5, 0.6) is 0 Å². The van der Waals surface area contributed by atoms with Crippen molar-refractivity contribution in [1.82, 2.24) is 0 Å². The molecular weight excluding hydrogens is 380 g/mol. The number of alkyl halides is 4. The Hall–Kier alpha value is 1.54. The van der Waals surface area contributed by atoms with Crippen LogP contribution in [0.25, 0.3) is 0 Å². The van der Waals surface area contributed by atoms with Crippen LogP contribution < -0.4 is 0 Å². The summed E-state index contributed by atoms with van der Waals surface area (Å²) >= 11 is 46.6. The predicted molar refractivity (Wildman–Crippen MR) is 75.3 cm³/mol. The first-order chi connectivity index (χ1) is 7.21. The molecule has 0 bridgehead atoms. The molecule has 0 amide bonds. The molecule has 0 nitrogen and oxygen atoms in total. The number of hydrogen-bond donors (Lipinski definition) is 0. The lowest BCUT2D eigenvalue weighted by molar-refractivity contribution is 1.17. The summed E-state index contributed by atoms with van der Waals surface area (Å²) in [5.41, 5.74) is 0.497. The zero-order valence-electron chi connectivity index (χ0n) is 7.23. The minimum Gasteiger partial charge on any atom is -0.121 e. The highest BCUT2D eigenvalue weighted by Gasteiger charge is 2.33. The highest BCUT2D eigenvalue weighted by molar-refractivity contribution is 6.68. The van der Waals surface area contributed by atoms with E-state index in [1.807, 2.05) is 0 Å². The molecular formula is C8H2Cl8. The number of hydrogen-bond acceptors (Lipinski definition) is 0. The Kier molecular flexibility index (Phi) is 5.53. The van der Waals surface area contributed by atoms with Crippen LogP contribution in [0, 0.1) is 0 Å². The van der Waals surface area contributed by atoms with E-state index in [-0.39, 0.29) is 31.5 Å². The molecule has 0 aromatic heterocycles. The minimum absolute atomic E-state index is 0.00130. The average Bonchev–Trinajstić information content (AvgIpc) is 2.18. The van der Waals surface area contributed by atoms with E-state index >= 15 is 0 Å². The smallest absolute Gasteiger partial charge is 0.121 e. The van der Waals surface area contributed by atoms with E-state index in [0.717, 1.165) is 0 Å². The van der Waals surface area contributed by atoms with E-state index in [2.05, 4.69) is 0 Å². The molecule has 1 aromatic carbocycles. The molecule has 0 aliphatic carbocycles. The van der Waals surface area contributed by atoms with Crippen molar-refractivity contribution in [2.24, 2.45) is 0 Å². The molecule has 0 atom stereocenters. The fourth-order valence-corrected chi connectivity index (χ4v) is 3.30. The largest absolute Gasteiger partial charge is 0.217 e. The summed E-state index contributed by atoms with van der Waals surface area (Å²) < 4.78 is -1.78. The fourth-order valence-electron chi connectivity index (χ4n) is 1.10. The Morgan fingerprint density at radius 2 is 1.19 bits per heavy atom. The molecule has 0 spiro atoms. The lowest BCUT2D eigenvalue weighted by Gasteiger charge is -2.20. The van der Waals surface area contributed by atoms with Crippen LogP contribution in [0.1, 0.15) is 11.1 Å².